The number of fused-ring (bicyclic) bond motifs is 4. The third kappa shape index (κ3) is 3.77. The number of rotatable bonds is 7. The number of hydrogen-bond acceptors (Lipinski definition) is 8. The SMILES string of the molecule is COP(=O)(OC)c1cnc(N[C@H]2C3CCC(CC3)[C@@H]2C(=O)O)nc1-c1c[nH]c2ncc(F)cc12. The number of aromatic amines is 1. The van der Waals surface area contributed by atoms with Crippen LogP contribution in [0, 0.1) is 23.6 Å². The normalized spacial score (nSPS) is 24.4. The second-order valence-electron chi connectivity index (χ2n) is 8.75. The molecule has 3 fully saturated rings. The molecule has 10 nitrogen and oxygen atoms in total. The largest absolute Gasteiger partial charge is 0.481 e. The summed E-state index contributed by atoms with van der Waals surface area (Å²) in [6.45, 7) is 0. The van der Waals surface area contributed by atoms with E-state index in [4.69, 9.17) is 9.05 Å². The van der Waals surface area contributed by atoms with Gasteiger partial charge in [-0.2, -0.15) is 0 Å². The summed E-state index contributed by atoms with van der Waals surface area (Å²) in [5.41, 5.74) is 1.09. The second kappa shape index (κ2) is 8.72. The zero-order valence-corrected chi connectivity index (χ0v) is 19.6. The van der Waals surface area contributed by atoms with Crippen molar-refractivity contribution in [2.75, 3.05) is 19.5 Å². The zero-order valence-electron chi connectivity index (χ0n) is 18.7. The summed E-state index contributed by atoms with van der Waals surface area (Å²) in [4.78, 5) is 28.0. The van der Waals surface area contributed by atoms with E-state index in [1.54, 1.807) is 6.20 Å². The third-order valence-electron chi connectivity index (χ3n) is 7.10. The Bertz CT molecular complexity index is 1280. The summed E-state index contributed by atoms with van der Waals surface area (Å²) >= 11 is 0. The molecule has 180 valence electrons. The van der Waals surface area contributed by atoms with Gasteiger partial charge in [-0.15, -0.1) is 0 Å². The van der Waals surface area contributed by atoms with Crippen LogP contribution in [0.4, 0.5) is 10.3 Å². The molecule has 3 saturated carbocycles. The molecule has 3 aromatic heterocycles. The van der Waals surface area contributed by atoms with Gasteiger partial charge in [0.2, 0.25) is 5.95 Å². The molecule has 0 unspecified atom stereocenters. The van der Waals surface area contributed by atoms with Crippen molar-refractivity contribution >= 4 is 35.9 Å². The molecule has 0 aromatic carbocycles. The highest BCUT2D eigenvalue weighted by molar-refractivity contribution is 7.62. The number of carboxylic acid groups (broad SMARTS) is 1. The fourth-order valence-corrected chi connectivity index (χ4v) is 6.62. The van der Waals surface area contributed by atoms with Gasteiger partial charge in [0.15, 0.2) is 0 Å². The monoisotopic (exact) mass is 489 g/mol. The number of carboxylic acids is 1. The van der Waals surface area contributed by atoms with Crippen molar-refractivity contribution < 1.29 is 27.9 Å². The summed E-state index contributed by atoms with van der Waals surface area (Å²) < 4.78 is 37.6. The molecule has 2 bridgehead atoms. The van der Waals surface area contributed by atoms with Crippen LogP contribution in [0.3, 0.4) is 0 Å². The van der Waals surface area contributed by atoms with Gasteiger partial charge in [0, 0.05) is 43.6 Å². The van der Waals surface area contributed by atoms with Crippen LogP contribution in [0.15, 0.2) is 24.7 Å². The minimum Gasteiger partial charge on any atom is -0.481 e. The van der Waals surface area contributed by atoms with Crippen molar-refractivity contribution in [3.63, 3.8) is 0 Å². The lowest BCUT2D eigenvalue weighted by Gasteiger charge is -2.46. The molecule has 0 aliphatic heterocycles. The third-order valence-corrected chi connectivity index (χ3v) is 8.98. The highest BCUT2D eigenvalue weighted by Gasteiger charge is 2.47. The predicted octanol–water partition coefficient (Wildman–Crippen LogP) is 3.57. The number of halogens is 1. The number of nitrogens with zero attached hydrogens (tertiary/aromatic N) is 3. The van der Waals surface area contributed by atoms with E-state index in [-0.39, 0.29) is 34.8 Å². The number of nitrogens with one attached hydrogen (secondary N) is 2. The number of carbonyl (C=O) groups is 1. The standard InChI is InChI=1S/C22H25FN5O5P/c1-32-34(31,33-2)16-10-26-22(27-18-12-5-3-11(4-6-12)17(18)21(29)30)28-19(16)15-9-25-20-14(15)7-13(23)8-24-20/h7-12,17-18H,3-6H2,1-2H3,(H,24,25)(H,29,30)(H,26,27,28)/t11?,12?,17-,18-/m0/s1. The van der Waals surface area contributed by atoms with Crippen molar-refractivity contribution in [3.05, 3.63) is 30.5 Å². The lowest BCUT2D eigenvalue weighted by Crippen LogP contribution is -2.51. The Labute approximate surface area is 194 Å². The maximum atomic E-state index is 14.0. The minimum absolute atomic E-state index is 0.105. The van der Waals surface area contributed by atoms with Gasteiger partial charge in [-0.25, -0.2) is 19.3 Å². The topological polar surface area (TPSA) is 139 Å². The molecule has 0 amide bonds. The summed E-state index contributed by atoms with van der Waals surface area (Å²) in [6, 6.07) is 0.987. The number of pyridine rings is 1. The van der Waals surface area contributed by atoms with E-state index < -0.39 is 25.3 Å². The van der Waals surface area contributed by atoms with E-state index >= 15 is 0 Å². The molecule has 2 atom stereocenters. The number of hydrogen-bond donors (Lipinski definition) is 3. The van der Waals surface area contributed by atoms with E-state index in [1.807, 2.05) is 0 Å². The van der Waals surface area contributed by atoms with Crippen LogP contribution >= 0.6 is 7.60 Å². The molecular weight excluding hydrogens is 464 g/mol. The Morgan fingerprint density at radius 3 is 2.56 bits per heavy atom. The summed E-state index contributed by atoms with van der Waals surface area (Å²) in [5, 5.41) is 13.7. The fraction of sp³-hybridized carbons (Fsp3) is 0.455. The van der Waals surface area contributed by atoms with Gasteiger partial charge in [0.1, 0.15) is 16.8 Å². The number of H-pyrrole nitrogens is 1. The first-order valence-corrected chi connectivity index (χ1v) is 12.6. The highest BCUT2D eigenvalue weighted by Crippen LogP contribution is 2.49. The second-order valence-corrected chi connectivity index (χ2v) is 11.0. The maximum absolute atomic E-state index is 14.0. The lowest BCUT2D eigenvalue weighted by atomic mass is 9.61. The Balaban J connectivity index is 1.61. The van der Waals surface area contributed by atoms with E-state index in [2.05, 4.69) is 25.3 Å². The fourth-order valence-electron chi connectivity index (χ4n) is 5.45. The minimum atomic E-state index is -3.78. The lowest BCUT2D eigenvalue weighted by molar-refractivity contribution is -0.148. The molecule has 3 aliphatic rings. The van der Waals surface area contributed by atoms with Gasteiger partial charge in [-0.1, -0.05) is 0 Å². The van der Waals surface area contributed by atoms with Gasteiger partial charge < -0.3 is 24.5 Å². The Morgan fingerprint density at radius 2 is 1.88 bits per heavy atom. The van der Waals surface area contributed by atoms with E-state index in [0.717, 1.165) is 31.9 Å². The van der Waals surface area contributed by atoms with E-state index in [1.165, 1.54) is 26.5 Å². The van der Waals surface area contributed by atoms with Crippen molar-refractivity contribution in [1.29, 1.82) is 0 Å². The number of anilines is 1. The van der Waals surface area contributed by atoms with Crippen molar-refractivity contribution in [1.82, 2.24) is 19.9 Å². The average Bonchev–Trinajstić information content (AvgIpc) is 3.27. The van der Waals surface area contributed by atoms with Gasteiger partial charge in [-0.3, -0.25) is 9.36 Å². The molecule has 0 radical (unpaired) electrons. The van der Waals surface area contributed by atoms with Gasteiger partial charge >= 0.3 is 13.6 Å². The van der Waals surface area contributed by atoms with Crippen molar-refractivity contribution in [2.24, 2.45) is 17.8 Å². The summed E-state index contributed by atoms with van der Waals surface area (Å²) in [6.07, 6.45) is 7.74. The summed E-state index contributed by atoms with van der Waals surface area (Å²) in [7, 11) is -1.26. The Kier molecular flexibility index (Phi) is 5.87. The number of aliphatic carboxylic acids is 1. The highest BCUT2D eigenvalue weighted by atomic mass is 31.2. The molecule has 0 spiro atoms. The predicted molar refractivity (Wildman–Crippen MR) is 122 cm³/mol. The van der Waals surface area contributed by atoms with Gasteiger partial charge in [-0.05, 0) is 43.6 Å². The van der Waals surface area contributed by atoms with Crippen molar-refractivity contribution in [2.45, 2.75) is 31.7 Å². The van der Waals surface area contributed by atoms with Gasteiger partial charge in [0.05, 0.1) is 17.8 Å². The molecule has 6 rings (SSSR count). The van der Waals surface area contributed by atoms with Crippen LogP contribution < -0.4 is 10.6 Å². The maximum Gasteiger partial charge on any atom is 0.364 e. The van der Waals surface area contributed by atoms with E-state index in [9.17, 15) is 18.9 Å². The van der Waals surface area contributed by atoms with Crippen LogP contribution in [0.1, 0.15) is 25.7 Å². The molecule has 3 aliphatic carbocycles. The first-order valence-electron chi connectivity index (χ1n) is 11.1. The first kappa shape index (κ1) is 22.9. The smallest absolute Gasteiger partial charge is 0.364 e. The first-order chi connectivity index (χ1) is 16.3. The number of aromatic nitrogens is 4. The molecule has 3 aromatic rings. The average molecular weight is 489 g/mol. The molecule has 0 saturated heterocycles. The van der Waals surface area contributed by atoms with Crippen LogP contribution in [-0.4, -0.2) is 51.3 Å². The van der Waals surface area contributed by atoms with Crippen LogP contribution in [0.2, 0.25) is 0 Å². The molecule has 12 heteroatoms. The quantitative estimate of drug-likeness (QED) is 0.425. The van der Waals surface area contributed by atoms with Crippen molar-refractivity contribution in [3.8, 4) is 11.3 Å². The molecular formula is C22H25FN5O5P. The molecule has 3 heterocycles. The van der Waals surface area contributed by atoms with Crippen LogP contribution in [0.5, 0.6) is 0 Å². The van der Waals surface area contributed by atoms with Crippen LogP contribution in [-0.2, 0) is 18.4 Å². The molecule has 34 heavy (non-hydrogen) atoms. The zero-order chi connectivity index (χ0) is 24.0. The van der Waals surface area contributed by atoms with E-state index in [0.29, 0.717) is 16.6 Å². The Morgan fingerprint density at radius 1 is 1.18 bits per heavy atom. The molecule has 3 N–H and O–H groups in total. The van der Waals surface area contributed by atoms with Crippen LogP contribution in [0.25, 0.3) is 22.3 Å². The summed E-state index contributed by atoms with van der Waals surface area (Å²) in [5.74, 6) is -1.39. The Hall–Kier alpha value is -2.88. The van der Waals surface area contributed by atoms with Gasteiger partial charge in [0.25, 0.3) is 0 Å².